The Morgan fingerprint density at radius 3 is 3.05 bits per heavy atom. The maximum absolute atomic E-state index is 11.6. The van der Waals surface area contributed by atoms with Crippen molar-refractivity contribution in [3.8, 4) is 0 Å². The van der Waals surface area contributed by atoms with E-state index in [2.05, 4.69) is 29.0 Å². The van der Waals surface area contributed by atoms with Crippen LogP contribution in [-0.2, 0) is 17.6 Å². The maximum atomic E-state index is 11.6. The van der Waals surface area contributed by atoms with Crippen LogP contribution in [0.25, 0.3) is 11.0 Å². The number of esters is 1. The van der Waals surface area contributed by atoms with Crippen LogP contribution in [0.5, 0.6) is 0 Å². The van der Waals surface area contributed by atoms with Gasteiger partial charge in [-0.3, -0.25) is 0 Å². The average molecular weight is 256 g/mol. The second-order valence-electron chi connectivity index (χ2n) is 4.81. The van der Waals surface area contributed by atoms with Gasteiger partial charge in [0.25, 0.3) is 0 Å². The molecule has 0 bridgehead atoms. The summed E-state index contributed by atoms with van der Waals surface area (Å²) in [5, 5.41) is 1.01. The van der Waals surface area contributed by atoms with E-state index in [0.717, 1.165) is 36.0 Å². The molecule has 1 aliphatic rings. The molecule has 0 fully saturated rings. The standard InChI is InChI=1S/C15H16N2O2/c1-9-10-6-4-3-5-7-12(10)16-14-11(9)8-13(17-14)15(18)19-2/h3-4,8H,5-7H2,1-2H3,(H,16,17). The molecule has 0 saturated carbocycles. The van der Waals surface area contributed by atoms with Gasteiger partial charge in [-0.1, -0.05) is 12.2 Å². The van der Waals surface area contributed by atoms with Crippen molar-refractivity contribution >= 4 is 17.0 Å². The van der Waals surface area contributed by atoms with Crippen LogP contribution in [-0.4, -0.2) is 23.0 Å². The van der Waals surface area contributed by atoms with Crippen molar-refractivity contribution in [2.75, 3.05) is 7.11 Å². The lowest BCUT2D eigenvalue weighted by Crippen LogP contribution is -2.01. The number of ether oxygens (including phenoxy) is 1. The van der Waals surface area contributed by atoms with Crippen LogP contribution in [0, 0.1) is 6.92 Å². The number of aromatic nitrogens is 2. The van der Waals surface area contributed by atoms with Gasteiger partial charge in [0.2, 0.25) is 0 Å². The van der Waals surface area contributed by atoms with Gasteiger partial charge < -0.3 is 9.72 Å². The van der Waals surface area contributed by atoms with Gasteiger partial charge in [-0.25, -0.2) is 9.78 Å². The number of aryl methyl sites for hydroxylation is 2. The minimum absolute atomic E-state index is 0.354. The predicted molar refractivity (Wildman–Crippen MR) is 73.3 cm³/mol. The third-order valence-electron chi connectivity index (χ3n) is 3.69. The lowest BCUT2D eigenvalue weighted by Gasteiger charge is -2.09. The summed E-state index contributed by atoms with van der Waals surface area (Å²) in [7, 11) is 1.38. The van der Waals surface area contributed by atoms with Gasteiger partial charge in [-0.2, -0.15) is 0 Å². The first-order valence-corrected chi connectivity index (χ1v) is 6.45. The van der Waals surface area contributed by atoms with E-state index >= 15 is 0 Å². The minimum atomic E-state index is -0.354. The molecule has 4 nitrogen and oxygen atoms in total. The Morgan fingerprint density at radius 2 is 2.26 bits per heavy atom. The summed E-state index contributed by atoms with van der Waals surface area (Å²) in [6, 6.07) is 1.83. The topological polar surface area (TPSA) is 55.0 Å². The molecule has 2 aromatic rings. The minimum Gasteiger partial charge on any atom is -0.464 e. The molecule has 4 heteroatoms. The molecule has 0 radical (unpaired) electrons. The Bertz CT molecular complexity index is 683. The number of nitrogens with zero attached hydrogens (tertiary/aromatic N) is 1. The van der Waals surface area contributed by atoms with E-state index in [9.17, 15) is 4.79 Å². The van der Waals surface area contributed by atoms with Gasteiger partial charge in [0.15, 0.2) is 0 Å². The fourth-order valence-electron chi connectivity index (χ4n) is 2.64. The fraction of sp³-hybridized carbons (Fsp3) is 0.333. The Labute approximate surface area is 111 Å². The van der Waals surface area contributed by atoms with Crippen molar-refractivity contribution in [1.29, 1.82) is 0 Å². The van der Waals surface area contributed by atoms with Crippen LogP contribution in [0.4, 0.5) is 0 Å². The highest BCUT2D eigenvalue weighted by atomic mass is 16.5. The number of hydrogen-bond donors (Lipinski definition) is 1. The van der Waals surface area contributed by atoms with Gasteiger partial charge in [0.1, 0.15) is 11.3 Å². The lowest BCUT2D eigenvalue weighted by atomic mass is 10.0. The SMILES string of the molecule is COC(=O)c1cc2c(C)c3c(nc2[nH]1)CCC=CC3. The Balaban J connectivity index is 2.20. The summed E-state index contributed by atoms with van der Waals surface area (Å²) in [5.41, 5.74) is 4.87. The molecule has 0 unspecified atom stereocenters. The Kier molecular flexibility index (Phi) is 2.85. The van der Waals surface area contributed by atoms with Crippen LogP contribution in [0.2, 0.25) is 0 Å². The number of rotatable bonds is 1. The van der Waals surface area contributed by atoms with Crippen molar-refractivity contribution in [2.24, 2.45) is 0 Å². The summed E-state index contributed by atoms with van der Waals surface area (Å²) in [4.78, 5) is 19.3. The molecule has 19 heavy (non-hydrogen) atoms. The fourth-order valence-corrected chi connectivity index (χ4v) is 2.64. The second-order valence-corrected chi connectivity index (χ2v) is 4.81. The van der Waals surface area contributed by atoms with Gasteiger partial charge in [0.05, 0.1) is 7.11 Å². The van der Waals surface area contributed by atoms with Gasteiger partial charge in [-0.15, -0.1) is 0 Å². The van der Waals surface area contributed by atoms with Crippen LogP contribution < -0.4 is 0 Å². The van der Waals surface area contributed by atoms with E-state index in [1.807, 2.05) is 6.07 Å². The number of allylic oxidation sites excluding steroid dienone is 2. The number of H-pyrrole nitrogens is 1. The number of hydrogen-bond acceptors (Lipinski definition) is 3. The smallest absolute Gasteiger partial charge is 0.354 e. The zero-order chi connectivity index (χ0) is 13.4. The molecule has 2 heterocycles. The number of methoxy groups -OCH3 is 1. The molecule has 2 aromatic heterocycles. The molecule has 0 aromatic carbocycles. The molecule has 0 aliphatic heterocycles. The number of fused-ring (bicyclic) bond motifs is 2. The van der Waals surface area contributed by atoms with Crippen molar-refractivity contribution in [1.82, 2.24) is 9.97 Å². The monoisotopic (exact) mass is 256 g/mol. The summed E-state index contributed by atoms with van der Waals surface area (Å²) in [6.45, 7) is 2.09. The molecular weight excluding hydrogens is 240 g/mol. The lowest BCUT2D eigenvalue weighted by molar-refractivity contribution is 0.0595. The van der Waals surface area contributed by atoms with Gasteiger partial charge in [-0.05, 0) is 43.4 Å². The summed E-state index contributed by atoms with van der Waals surface area (Å²) in [6.07, 6.45) is 7.29. The summed E-state index contributed by atoms with van der Waals surface area (Å²) < 4.78 is 4.74. The van der Waals surface area contributed by atoms with E-state index in [1.54, 1.807) is 0 Å². The zero-order valence-corrected chi connectivity index (χ0v) is 11.1. The first kappa shape index (κ1) is 12.0. The van der Waals surface area contributed by atoms with E-state index in [-0.39, 0.29) is 5.97 Å². The molecule has 1 N–H and O–H groups in total. The number of carbonyl (C=O) groups is 1. The third kappa shape index (κ3) is 1.93. The van der Waals surface area contributed by atoms with E-state index in [4.69, 9.17) is 4.74 Å². The quantitative estimate of drug-likeness (QED) is 0.630. The van der Waals surface area contributed by atoms with Crippen molar-refractivity contribution < 1.29 is 9.53 Å². The largest absolute Gasteiger partial charge is 0.464 e. The van der Waals surface area contributed by atoms with E-state index in [0.29, 0.717) is 5.69 Å². The molecule has 98 valence electrons. The first-order chi connectivity index (χ1) is 9.20. The summed E-state index contributed by atoms with van der Waals surface area (Å²) >= 11 is 0. The maximum Gasteiger partial charge on any atom is 0.354 e. The third-order valence-corrected chi connectivity index (χ3v) is 3.69. The molecule has 0 amide bonds. The summed E-state index contributed by atoms with van der Waals surface area (Å²) in [5.74, 6) is -0.354. The predicted octanol–water partition coefficient (Wildman–Crippen LogP) is 2.70. The molecule has 3 rings (SSSR count). The van der Waals surface area contributed by atoms with E-state index in [1.165, 1.54) is 18.2 Å². The highest BCUT2D eigenvalue weighted by molar-refractivity contribution is 5.95. The first-order valence-electron chi connectivity index (χ1n) is 6.45. The van der Waals surface area contributed by atoms with Crippen molar-refractivity contribution in [2.45, 2.75) is 26.2 Å². The zero-order valence-electron chi connectivity index (χ0n) is 11.1. The average Bonchev–Trinajstić information content (AvgIpc) is 2.70. The molecule has 0 spiro atoms. The van der Waals surface area contributed by atoms with E-state index < -0.39 is 0 Å². The number of aromatic amines is 1. The normalized spacial score (nSPS) is 14.2. The Morgan fingerprint density at radius 1 is 1.42 bits per heavy atom. The number of pyridine rings is 1. The number of carbonyl (C=O) groups excluding carboxylic acids is 1. The molecule has 1 aliphatic carbocycles. The second kappa shape index (κ2) is 4.53. The molecule has 0 saturated heterocycles. The van der Waals surface area contributed by atoms with Crippen LogP contribution in [0.3, 0.4) is 0 Å². The highest BCUT2D eigenvalue weighted by Crippen LogP contribution is 2.26. The van der Waals surface area contributed by atoms with Crippen molar-refractivity contribution in [3.05, 3.63) is 40.7 Å². The van der Waals surface area contributed by atoms with Crippen LogP contribution in [0.1, 0.15) is 33.7 Å². The number of nitrogens with one attached hydrogen (secondary N) is 1. The Hall–Kier alpha value is -2.10. The highest BCUT2D eigenvalue weighted by Gasteiger charge is 2.17. The van der Waals surface area contributed by atoms with Crippen LogP contribution in [0.15, 0.2) is 18.2 Å². The van der Waals surface area contributed by atoms with Crippen LogP contribution >= 0.6 is 0 Å². The van der Waals surface area contributed by atoms with Crippen molar-refractivity contribution in [3.63, 3.8) is 0 Å². The molecular formula is C15H16N2O2. The van der Waals surface area contributed by atoms with Gasteiger partial charge in [0, 0.05) is 11.1 Å². The van der Waals surface area contributed by atoms with Gasteiger partial charge >= 0.3 is 5.97 Å². The molecule has 0 atom stereocenters.